The summed E-state index contributed by atoms with van der Waals surface area (Å²) in [4.78, 5) is 28.6. The minimum atomic E-state index is -1.02. The van der Waals surface area contributed by atoms with E-state index in [1.54, 1.807) is 25.3 Å². The number of methoxy groups -OCH3 is 1. The Balaban J connectivity index is 1.43. The molecule has 1 aliphatic carbocycles. The first-order valence-corrected chi connectivity index (χ1v) is 13.8. The highest BCUT2D eigenvalue weighted by Gasteiger charge is 2.57. The number of carbonyl (C=O) groups is 2. The largest absolute Gasteiger partial charge is 0.459 e. The molecule has 2 saturated heterocycles. The van der Waals surface area contributed by atoms with E-state index in [0.29, 0.717) is 43.1 Å². The second-order valence-electron chi connectivity index (χ2n) is 10.7. The highest BCUT2D eigenvalue weighted by Crippen LogP contribution is 2.51. The summed E-state index contributed by atoms with van der Waals surface area (Å²) in [5.41, 5.74) is 3.77. The van der Waals surface area contributed by atoms with Gasteiger partial charge in [-0.1, -0.05) is 37.1 Å². The van der Waals surface area contributed by atoms with Crippen molar-refractivity contribution in [3.63, 3.8) is 0 Å². The number of rotatable bonds is 10. The van der Waals surface area contributed by atoms with Gasteiger partial charge in [-0.3, -0.25) is 14.5 Å². The van der Waals surface area contributed by atoms with Gasteiger partial charge in [-0.2, -0.15) is 0 Å². The molecule has 0 radical (unpaired) electrons. The van der Waals surface area contributed by atoms with Crippen molar-refractivity contribution in [3.8, 4) is 0 Å². The number of aliphatic hydroxyl groups is 1. The summed E-state index contributed by atoms with van der Waals surface area (Å²) in [6.07, 6.45) is 5.52. The number of para-hydroxylation sites is 1. The first-order valence-electron chi connectivity index (χ1n) is 13.8. The predicted molar refractivity (Wildman–Crippen MR) is 147 cm³/mol. The van der Waals surface area contributed by atoms with E-state index in [4.69, 9.17) is 13.8 Å². The van der Waals surface area contributed by atoms with Crippen LogP contribution in [0.5, 0.6) is 0 Å². The normalized spacial score (nSPS) is 25.4. The first-order chi connectivity index (χ1) is 18.9. The Morgan fingerprint density at radius 2 is 1.92 bits per heavy atom. The summed E-state index contributed by atoms with van der Waals surface area (Å²) in [6.45, 7) is 2.33. The molecular weight excluding hydrogens is 497 g/mol. The summed E-state index contributed by atoms with van der Waals surface area (Å²) in [5, 5.41) is 20.1. The number of hydrogen-bond acceptors (Lipinski definition) is 7. The van der Waals surface area contributed by atoms with Gasteiger partial charge in [0.05, 0.1) is 30.2 Å². The van der Waals surface area contributed by atoms with Crippen LogP contribution in [0.1, 0.15) is 50.5 Å². The van der Waals surface area contributed by atoms with Gasteiger partial charge in [-0.05, 0) is 79.4 Å². The van der Waals surface area contributed by atoms with Crippen molar-refractivity contribution < 1.29 is 33.5 Å². The van der Waals surface area contributed by atoms with Crippen LogP contribution in [-0.4, -0.2) is 48.9 Å². The molecule has 0 unspecified atom stereocenters. The molecular formula is C30H36BNO7. The molecule has 3 heterocycles. The van der Waals surface area contributed by atoms with Crippen LogP contribution in [0.3, 0.4) is 0 Å². The highest BCUT2D eigenvalue weighted by atomic mass is 16.5. The number of allylic oxidation sites excluding steroid dienone is 1. The SMILES string of the molecule is CCC/C(=C\c1ccc(CO)o1)CC[C@H]1OB(O)C[C@H]2C1=C(COC)C[C@H]1C(=O)N(c3ccccc3)C(=O)[C@H]12. The van der Waals surface area contributed by atoms with Crippen LogP contribution >= 0.6 is 0 Å². The Morgan fingerprint density at radius 1 is 1.13 bits per heavy atom. The lowest BCUT2D eigenvalue weighted by atomic mass is 9.58. The molecule has 1 aromatic carbocycles. The fourth-order valence-corrected chi connectivity index (χ4v) is 6.57. The van der Waals surface area contributed by atoms with Crippen molar-refractivity contribution in [1.29, 1.82) is 0 Å². The maximum Gasteiger partial charge on any atom is 0.455 e. The van der Waals surface area contributed by atoms with Gasteiger partial charge >= 0.3 is 7.12 Å². The van der Waals surface area contributed by atoms with E-state index in [1.807, 2.05) is 30.3 Å². The standard InChI is InChI=1S/C30H36BNO7/c1-3-7-19(14-22-11-12-23(17-33)38-22)10-13-26-27-20(18-37-2)15-24-28(25(27)16-31(36)39-26)30(35)32(29(24)34)21-8-5-4-6-9-21/h4-6,8-9,11-12,14,24-26,28,33,36H,3,7,10,13,15-18H2,1-2H3/b19-14+/t24-,25+,26-,28-/m1/s1. The Kier molecular flexibility index (Phi) is 8.52. The van der Waals surface area contributed by atoms with Crippen molar-refractivity contribution in [3.05, 3.63) is 70.7 Å². The van der Waals surface area contributed by atoms with Crippen molar-refractivity contribution >= 4 is 30.7 Å². The Hall–Kier alpha value is -2.98. The van der Waals surface area contributed by atoms with Crippen LogP contribution in [0.25, 0.3) is 6.08 Å². The Bertz CT molecular complexity index is 1250. The van der Waals surface area contributed by atoms with Crippen molar-refractivity contribution in [2.75, 3.05) is 18.6 Å². The van der Waals surface area contributed by atoms with Gasteiger partial charge < -0.3 is 23.9 Å². The van der Waals surface area contributed by atoms with Gasteiger partial charge in [0.15, 0.2) is 0 Å². The van der Waals surface area contributed by atoms with Crippen LogP contribution in [0.4, 0.5) is 5.69 Å². The highest BCUT2D eigenvalue weighted by molar-refractivity contribution is 6.43. The lowest BCUT2D eigenvalue weighted by Gasteiger charge is -2.43. The van der Waals surface area contributed by atoms with Crippen LogP contribution in [0, 0.1) is 17.8 Å². The third-order valence-electron chi connectivity index (χ3n) is 8.12. The molecule has 1 aromatic heterocycles. The van der Waals surface area contributed by atoms with E-state index in [0.717, 1.165) is 24.0 Å². The van der Waals surface area contributed by atoms with Crippen LogP contribution in [-0.2, 0) is 25.6 Å². The number of anilines is 1. The fraction of sp³-hybridized carbons (Fsp3) is 0.467. The molecule has 2 N–H and O–H groups in total. The number of aliphatic hydroxyl groups excluding tert-OH is 1. The molecule has 5 rings (SSSR count). The number of carbonyl (C=O) groups excluding carboxylic acids is 2. The third kappa shape index (κ3) is 5.54. The van der Waals surface area contributed by atoms with E-state index in [-0.39, 0.29) is 36.8 Å². The van der Waals surface area contributed by atoms with Crippen LogP contribution in [0.2, 0.25) is 6.32 Å². The van der Waals surface area contributed by atoms with E-state index in [2.05, 4.69) is 6.92 Å². The zero-order valence-electron chi connectivity index (χ0n) is 22.5. The minimum absolute atomic E-state index is 0.145. The lowest BCUT2D eigenvalue weighted by molar-refractivity contribution is -0.122. The number of ether oxygens (including phenoxy) is 1. The zero-order chi connectivity index (χ0) is 27.5. The van der Waals surface area contributed by atoms with Gasteiger partial charge in [-0.15, -0.1) is 0 Å². The molecule has 4 atom stereocenters. The number of nitrogens with zero attached hydrogens (tertiary/aromatic N) is 1. The van der Waals surface area contributed by atoms with Gasteiger partial charge in [0, 0.05) is 7.11 Å². The zero-order valence-corrected chi connectivity index (χ0v) is 22.5. The van der Waals surface area contributed by atoms with E-state index >= 15 is 0 Å². The molecule has 206 valence electrons. The smallest absolute Gasteiger partial charge is 0.455 e. The summed E-state index contributed by atoms with van der Waals surface area (Å²) in [5.74, 6) is -0.463. The average molecular weight is 533 g/mol. The minimum Gasteiger partial charge on any atom is -0.459 e. The summed E-state index contributed by atoms with van der Waals surface area (Å²) in [7, 11) is 0.613. The number of furan rings is 1. The van der Waals surface area contributed by atoms with Crippen LogP contribution < -0.4 is 4.90 Å². The number of imide groups is 1. The maximum absolute atomic E-state index is 13.8. The molecule has 2 amide bonds. The predicted octanol–water partition coefficient (Wildman–Crippen LogP) is 4.38. The molecule has 2 aromatic rings. The molecule has 2 fully saturated rings. The van der Waals surface area contributed by atoms with E-state index in [1.165, 1.54) is 10.5 Å². The first kappa shape index (κ1) is 27.6. The fourth-order valence-electron chi connectivity index (χ4n) is 6.57. The van der Waals surface area contributed by atoms with Gasteiger partial charge in [0.1, 0.15) is 18.1 Å². The van der Waals surface area contributed by atoms with Gasteiger partial charge in [-0.25, -0.2) is 0 Å². The molecule has 39 heavy (non-hydrogen) atoms. The molecule has 3 aliphatic rings. The van der Waals surface area contributed by atoms with Crippen molar-refractivity contribution in [2.45, 2.75) is 58.1 Å². The van der Waals surface area contributed by atoms with Gasteiger partial charge in [0.25, 0.3) is 0 Å². The number of fused-ring (bicyclic) bond motifs is 3. The Labute approximate surface area is 229 Å². The van der Waals surface area contributed by atoms with Gasteiger partial charge in [0.2, 0.25) is 11.8 Å². The molecule has 2 aliphatic heterocycles. The molecule has 0 spiro atoms. The maximum atomic E-state index is 13.8. The topological polar surface area (TPSA) is 109 Å². The van der Waals surface area contributed by atoms with E-state index < -0.39 is 19.0 Å². The second-order valence-corrected chi connectivity index (χ2v) is 10.7. The van der Waals surface area contributed by atoms with E-state index in [9.17, 15) is 19.7 Å². The second kappa shape index (κ2) is 12.0. The molecule has 0 bridgehead atoms. The van der Waals surface area contributed by atoms with Crippen molar-refractivity contribution in [1.82, 2.24) is 0 Å². The summed E-state index contributed by atoms with van der Waals surface area (Å²) >= 11 is 0. The number of benzene rings is 1. The molecule has 0 saturated carbocycles. The molecule has 8 nitrogen and oxygen atoms in total. The van der Waals surface area contributed by atoms with Crippen LogP contribution in [0.15, 0.2) is 63.6 Å². The monoisotopic (exact) mass is 533 g/mol. The van der Waals surface area contributed by atoms with Crippen molar-refractivity contribution in [2.24, 2.45) is 17.8 Å². The third-order valence-corrected chi connectivity index (χ3v) is 8.12. The Morgan fingerprint density at radius 3 is 2.62 bits per heavy atom. The average Bonchev–Trinajstić information content (AvgIpc) is 3.49. The summed E-state index contributed by atoms with van der Waals surface area (Å²) in [6, 6.07) is 12.7. The quantitative estimate of drug-likeness (QED) is 0.265. The molecule has 9 heteroatoms. The summed E-state index contributed by atoms with van der Waals surface area (Å²) < 4.78 is 17.3. The number of amides is 2. The lowest BCUT2D eigenvalue weighted by Crippen LogP contribution is -2.46. The number of hydrogen-bond donors (Lipinski definition) is 2.